The van der Waals surface area contributed by atoms with Gasteiger partial charge < -0.3 is 15.3 Å². The lowest BCUT2D eigenvalue weighted by atomic mass is 9.96. The maximum atomic E-state index is 12.3. The molecule has 2 amide bonds. The van der Waals surface area contributed by atoms with Crippen molar-refractivity contribution in [2.45, 2.75) is 71.9 Å². The fraction of sp³-hybridized carbons (Fsp3) is 0.857. The van der Waals surface area contributed by atoms with E-state index in [1.54, 1.807) is 4.90 Å². The third-order valence-electron chi connectivity index (χ3n) is 3.64. The third-order valence-corrected chi connectivity index (χ3v) is 3.64. The predicted octanol–water partition coefficient (Wildman–Crippen LogP) is 2.85. The van der Waals surface area contributed by atoms with Crippen molar-refractivity contribution >= 4 is 12.0 Å². The summed E-state index contributed by atoms with van der Waals surface area (Å²) in [7, 11) is 0. The molecule has 0 aliphatic carbocycles. The second-order valence-corrected chi connectivity index (χ2v) is 5.48. The molecule has 0 aliphatic rings. The van der Waals surface area contributed by atoms with Gasteiger partial charge in [-0.2, -0.15) is 0 Å². The average Bonchev–Trinajstić information content (AvgIpc) is 2.33. The summed E-state index contributed by atoms with van der Waals surface area (Å²) in [6.45, 7) is 10.5. The number of urea groups is 1. The fourth-order valence-corrected chi connectivity index (χ4v) is 1.75. The molecule has 5 nitrogen and oxygen atoms in total. The molecule has 0 bridgehead atoms. The summed E-state index contributed by atoms with van der Waals surface area (Å²) in [4.78, 5) is 24.5. The molecular formula is C14H28N2O3. The van der Waals surface area contributed by atoms with Crippen LogP contribution in [0.15, 0.2) is 0 Å². The monoisotopic (exact) mass is 272 g/mol. The van der Waals surface area contributed by atoms with Crippen molar-refractivity contribution < 1.29 is 14.7 Å². The Kier molecular flexibility index (Phi) is 7.49. The number of carbonyl (C=O) groups is 2. The number of nitrogens with zero attached hydrogens (tertiary/aromatic N) is 1. The van der Waals surface area contributed by atoms with Crippen molar-refractivity contribution in [3.8, 4) is 0 Å². The first kappa shape index (κ1) is 17.7. The number of carboxylic acids is 1. The molecule has 112 valence electrons. The highest BCUT2D eigenvalue weighted by Crippen LogP contribution is 2.15. The number of rotatable bonds is 8. The number of amides is 2. The smallest absolute Gasteiger partial charge is 0.318 e. The molecule has 0 aromatic heterocycles. The third kappa shape index (κ3) is 6.45. The molecule has 19 heavy (non-hydrogen) atoms. The molecule has 0 unspecified atom stereocenters. The van der Waals surface area contributed by atoms with Crippen LogP contribution < -0.4 is 5.32 Å². The molecule has 0 spiro atoms. The largest absolute Gasteiger partial charge is 0.481 e. The van der Waals surface area contributed by atoms with Crippen LogP contribution in [0.2, 0.25) is 0 Å². The molecule has 0 fully saturated rings. The van der Waals surface area contributed by atoms with Crippen LogP contribution in [-0.2, 0) is 4.79 Å². The summed E-state index contributed by atoms with van der Waals surface area (Å²) in [6, 6.07) is -0.0432. The molecule has 2 N–H and O–H groups in total. The minimum atomic E-state index is -0.823. The topological polar surface area (TPSA) is 69.6 Å². The van der Waals surface area contributed by atoms with E-state index in [2.05, 4.69) is 5.32 Å². The van der Waals surface area contributed by atoms with E-state index in [9.17, 15) is 9.59 Å². The normalized spacial score (nSPS) is 11.5. The standard InChI is InChI=1S/C14H28N2O3/c1-6-14(5,7-2)15-13(19)16(11(3)4)10-8-9-12(17)18/h11H,6-10H2,1-5H3,(H,15,19)(H,17,18). The van der Waals surface area contributed by atoms with Gasteiger partial charge in [-0.15, -0.1) is 0 Å². The molecule has 0 atom stereocenters. The number of aliphatic carboxylic acids is 1. The SMILES string of the molecule is CCC(C)(CC)NC(=O)N(CCCC(=O)O)C(C)C. The van der Waals surface area contributed by atoms with Crippen LogP contribution in [0.5, 0.6) is 0 Å². The minimum absolute atomic E-state index is 0.0618. The summed E-state index contributed by atoms with van der Waals surface area (Å²) in [5.41, 5.74) is -0.197. The quantitative estimate of drug-likeness (QED) is 0.714. The van der Waals surface area contributed by atoms with Gasteiger partial charge in [-0.1, -0.05) is 13.8 Å². The molecule has 0 saturated carbocycles. The first-order valence-corrected chi connectivity index (χ1v) is 7.06. The Morgan fingerprint density at radius 3 is 2.16 bits per heavy atom. The van der Waals surface area contributed by atoms with E-state index < -0.39 is 5.97 Å². The van der Waals surface area contributed by atoms with E-state index in [0.29, 0.717) is 13.0 Å². The molecule has 0 aliphatic heterocycles. The summed E-state index contributed by atoms with van der Waals surface area (Å²) in [6.07, 6.45) is 2.32. The lowest BCUT2D eigenvalue weighted by molar-refractivity contribution is -0.137. The highest BCUT2D eigenvalue weighted by Gasteiger charge is 2.26. The van der Waals surface area contributed by atoms with Crippen molar-refractivity contribution in [2.75, 3.05) is 6.54 Å². The zero-order valence-electron chi connectivity index (χ0n) is 12.8. The fourth-order valence-electron chi connectivity index (χ4n) is 1.75. The van der Waals surface area contributed by atoms with Crippen LogP contribution >= 0.6 is 0 Å². The highest BCUT2D eigenvalue weighted by molar-refractivity contribution is 5.75. The van der Waals surface area contributed by atoms with Crippen molar-refractivity contribution in [3.63, 3.8) is 0 Å². The Labute approximate surface area is 116 Å². The van der Waals surface area contributed by atoms with Crippen LogP contribution in [0.4, 0.5) is 4.79 Å². The zero-order chi connectivity index (χ0) is 15.1. The Morgan fingerprint density at radius 2 is 1.79 bits per heavy atom. The first-order valence-electron chi connectivity index (χ1n) is 7.06. The van der Waals surface area contributed by atoms with Gasteiger partial charge >= 0.3 is 12.0 Å². The lowest BCUT2D eigenvalue weighted by Gasteiger charge is -2.34. The van der Waals surface area contributed by atoms with Crippen LogP contribution in [0.25, 0.3) is 0 Å². The van der Waals surface area contributed by atoms with Crippen LogP contribution in [-0.4, -0.2) is 40.1 Å². The number of carboxylic acid groups (broad SMARTS) is 1. The molecule has 0 aromatic rings. The van der Waals surface area contributed by atoms with Gasteiger partial charge in [0.05, 0.1) is 0 Å². The van der Waals surface area contributed by atoms with E-state index in [4.69, 9.17) is 5.11 Å². The summed E-state index contributed by atoms with van der Waals surface area (Å²) in [5.74, 6) is -0.823. The first-order chi connectivity index (χ1) is 8.75. The van der Waals surface area contributed by atoms with Gasteiger partial charge in [0.1, 0.15) is 0 Å². The Morgan fingerprint density at radius 1 is 1.26 bits per heavy atom. The average molecular weight is 272 g/mol. The van der Waals surface area contributed by atoms with E-state index in [0.717, 1.165) is 12.8 Å². The summed E-state index contributed by atoms with van der Waals surface area (Å²) in [5, 5.41) is 11.7. The van der Waals surface area contributed by atoms with Crippen molar-refractivity contribution in [1.29, 1.82) is 0 Å². The van der Waals surface area contributed by atoms with Gasteiger partial charge in [0.25, 0.3) is 0 Å². The molecular weight excluding hydrogens is 244 g/mol. The van der Waals surface area contributed by atoms with E-state index in [1.807, 2.05) is 34.6 Å². The van der Waals surface area contributed by atoms with Gasteiger partial charge in [0, 0.05) is 24.5 Å². The maximum absolute atomic E-state index is 12.3. The van der Waals surface area contributed by atoms with Gasteiger partial charge in [0.2, 0.25) is 0 Å². The molecule has 0 saturated heterocycles. The van der Waals surface area contributed by atoms with Crippen molar-refractivity contribution in [2.24, 2.45) is 0 Å². The van der Waals surface area contributed by atoms with E-state index in [1.165, 1.54) is 0 Å². The summed E-state index contributed by atoms with van der Waals surface area (Å²) >= 11 is 0. The Balaban J connectivity index is 4.53. The molecule has 0 radical (unpaired) electrons. The van der Waals surface area contributed by atoms with Crippen LogP contribution in [0.3, 0.4) is 0 Å². The second-order valence-electron chi connectivity index (χ2n) is 5.48. The number of nitrogens with one attached hydrogen (secondary N) is 1. The Hall–Kier alpha value is -1.26. The van der Waals surface area contributed by atoms with Gasteiger partial charge in [-0.05, 0) is 40.0 Å². The maximum Gasteiger partial charge on any atom is 0.318 e. The van der Waals surface area contributed by atoms with Crippen LogP contribution in [0.1, 0.15) is 60.3 Å². The summed E-state index contributed by atoms with van der Waals surface area (Å²) < 4.78 is 0. The number of hydrogen-bond acceptors (Lipinski definition) is 2. The Bertz CT molecular complexity index is 299. The second kappa shape index (κ2) is 8.02. The highest BCUT2D eigenvalue weighted by atomic mass is 16.4. The van der Waals surface area contributed by atoms with Crippen LogP contribution in [0, 0.1) is 0 Å². The molecule has 5 heteroatoms. The molecule has 0 rings (SSSR count). The van der Waals surface area contributed by atoms with Gasteiger partial charge in [-0.25, -0.2) is 4.79 Å². The van der Waals surface area contributed by atoms with Crippen molar-refractivity contribution in [1.82, 2.24) is 10.2 Å². The number of hydrogen-bond donors (Lipinski definition) is 2. The predicted molar refractivity (Wildman–Crippen MR) is 76.2 cm³/mol. The van der Waals surface area contributed by atoms with Gasteiger partial charge in [0.15, 0.2) is 0 Å². The molecule has 0 heterocycles. The van der Waals surface area contributed by atoms with E-state index >= 15 is 0 Å². The lowest BCUT2D eigenvalue weighted by Crippen LogP contribution is -2.53. The number of carbonyl (C=O) groups excluding carboxylic acids is 1. The van der Waals surface area contributed by atoms with Crippen molar-refractivity contribution in [3.05, 3.63) is 0 Å². The zero-order valence-corrected chi connectivity index (χ0v) is 12.8. The van der Waals surface area contributed by atoms with Gasteiger partial charge in [-0.3, -0.25) is 4.79 Å². The van der Waals surface area contributed by atoms with E-state index in [-0.39, 0.29) is 24.0 Å². The molecule has 0 aromatic carbocycles. The minimum Gasteiger partial charge on any atom is -0.481 e.